The molecule has 1 aromatic carbocycles. The predicted octanol–water partition coefficient (Wildman–Crippen LogP) is 1.80. The number of hydrogen-bond acceptors (Lipinski definition) is 3. The normalized spacial score (nSPS) is 25.3. The van der Waals surface area contributed by atoms with Gasteiger partial charge in [0.1, 0.15) is 5.72 Å². The molecule has 5 nitrogen and oxygen atoms in total. The summed E-state index contributed by atoms with van der Waals surface area (Å²) in [5.74, 6) is -1.27. The third-order valence-electron chi connectivity index (χ3n) is 3.28. The second-order valence-electron chi connectivity index (χ2n) is 5.07. The minimum absolute atomic E-state index is 0.206. The molecule has 1 aliphatic rings. The van der Waals surface area contributed by atoms with Crippen LogP contribution in [-0.4, -0.2) is 33.7 Å². The number of aliphatic carboxylic acids is 1. The first kappa shape index (κ1) is 13.5. The molecule has 2 rings (SSSR count). The van der Waals surface area contributed by atoms with Crippen molar-refractivity contribution in [1.29, 1.82) is 0 Å². The molecule has 2 atom stereocenters. The van der Waals surface area contributed by atoms with Gasteiger partial charge in [-0.2, -0.15) is 0 Å². The van der Waals surface area contributed by atoms with Crippen LogP contribution >= 0.6 is 0 Å². The zero-order chi connectivity index (χ0) is 14.2. The quantitative estimate of drug-likeness (QED) is 0.883. The van der Waals surface area contributed by atoms with Gasteiger partial charge in [0.2, 0.25) is 5.91 Å². The summed E-state index contributed by atoms with van der Waals surface area (Å²) < 4.78 is 5.56. The Labute approximate surface area is 111 Å². The van der Waals surface area contributed by atoms with Crippen molar-refractivity contribution >= 4 is 11.9 Å². The Morgan fingerprint density at radius 3 is 2.32 bits per heavy atom. The van der Waals surface area contributed by atoms with Crippen LogP contribution in [0.4, 0.5) is 0 Å². The van der Waals surface area contributed by atoms with Crippen LogP contribution in [0.3, 0.4) is 0 Å². The number of amides is 1. The number of carbonyl (C=O) groups excluding carboxylic acids is 1. The fraction of sp³-hybridized carbons (Fsp3) is 0.429. The molecule has 0 bridgehead atoms. The molecule has 1 saturated heterocycles. The Kier molecular flexibility index (Phi) is 3.32. The zero-order valence-corrected chi connectivity index (χ0v) is 11.2. The SMILES string of the molecule is CC(=O)N1[C@@H](c2ccccc2)[C@H](C(=O)O)OC1(C)C. The second-order valence-corrected chi connectivity index (χ2v) is 5.07. The first-order valence-corrected chi connectivity index (χ1v) is 6.10. The largest absolute Gasteiger partial charge is 0.479 e. The lowest BCUT2D eigenvalue weighted by Crippen LogP contribution is -2.43. The van der Waals surface area contributed by atoms with Gasteiger partial charge in [-0.25, -0.2) is 4.79 Å². The van der Waals surface area contributed by atoms with Crippen molar-refractivity contribution < 1.29 is 19.4 Å². The van der Waals surface area contributed by atoms with Crippen LogP contribution in [0, 0.1) is 0 Å². The monoisotopic (exact) mass is 263 g/mol. The van der Waals surface area contributed by atoms with Gasteiger partial charge in [-0.05, 0) is 19.4 Å². The van der Waals surface area contributed by atoms with Crippen LogP contribution in [0.25, 0.3) is 0 Å². The summed E-state index contributed by atoms with van der Waals surface area (Å²) in [6, 6.07) is 8.49. The van der Waals surface area contributed by atoms with E-state index in [1.807, 2.05) is 18.2 Å². The Hall–Kier alpha value is -1.88. The van der Waals surface area contributed by atoms with Gasteiger partial charge in [-0.3, -0.25) is 4.79 Å². The molecule has 1 fully saturated rings. The van der Waals surface area contributed by atoms with Gasteiger partial charge in [-0.1, -0.05) is 30.3 Å². The summed E-state index contributed by atoms with van der Waals surface area (Å²) >= 11 is 0. The molecule has 1 amide bonds. The Balaban J connectivity index is 2.50. The Morgan fingerprint density at radius 1 is 1.26 bits per heavy atom. The van der Waals surface area contributed by atoms with Crippen molar-refractivity contribution in [2.45, 2.75) is 38.6 Å². The van der Waals surface area contributed by atoms with E-state index in [9.17, 15) is 14.7 Å². The van der Waals surface area contributed by atoms with Crippen LogP contribution in [0.2, 0.25) is 0 Å². The summed E-state index contributed by atoms with van der Waals surface area (Å²) in [5.41, 5.74) is -0.175. The van der Waals surface area contributed by atoms with Crippen molar-refractivity contribution in [3.8, 4) is 0 Å². The highest BCUT2D eigenvalue weighted by Crippen LogP contribution is 2.41. The highest BCUT2D eigenvalue weighted by atomic mass is 16.6. The van der Waals surface area contributed by atoms with Crippen LogP contribution in [0.15, 0.2) is 30.3 Å². The topological polar surface area (TPSA) is 66.8 Å². The van der Waals surface area contributed by atoms with E-state index in [4.69, 9.17) is 4.74 Å². The summed E-state index contributed by atoms with van der Waals surface area (Å²) in [6.07, 6.45) is -1.05. The van der Waals surface area contributed by atoms with Crippen molar-refractivity contribution in [3.63, 3.8) is 0 Å². The van der Waals surface area contributed by atoms with Gasteiger partial charge in [0, 0.05) is 6.92 Å². The van der Waals surface area contributed by atoms with Crippen LogP contribution in [0.5, 0.6) is 0 Å². The van der Waals surface area contributed by atoms with Gasteiger partial charge < -0.3 is 14.7 Å². The molecule has 0 aromatic heterocycles. The minimum atomic E-state index is -1.06. The van der Waals surface area contributed by atoms with Crippen molar-refractivity contribution in [2.24, 2.45) is 0 Å². The summed E-state index contributed by atoms with van der Waals surface area (Å²) in [4.78, 5) is 24.7. The minimum Gasteiger partial charge on any atom is -0.479 e. The molecule has 0 spiro atoms. The number of carbonyl (C=O) groups is 2. The van der Waals surface area contributed by atoms with Gasteiger partial charge in [0.05, 0.1) is 6.04 Å². The molecule has 19 heavy (non-hydrogen) atoms. The number of carboxylic acids is 1. The smallest absolute Gasteiger partial charge is 0.335 e. The Morgan fingerprint density at radius 2 is 1.84 bits per heavy atom. The van der Waals surface area contributed by atoms with E-state index in [0.717, 1.165) is 5.56 Å². The van der Waals surface area contributed by atoms with Crippen molar-refractivity contribution in [3.05, 3.63) is 35.9 Å². The van der Waals surface area contributed by atoms with E-state index < -0.39 is 23.8 Å². The lowest BCUT2D eigenvalue weighted by Gasteiger charge is -2.32. The van der Waals surface area contributed by atoms with Crippen LogP contribution in [-0.2, 0) is 14.3 Å². The van der Waals surface area contributed by atoms with Gasteiger partial charge >= 0.3 is 5.97 Å². The molecule has 1 N–H and O–H groups in total. The van der Waals surface area contributed by atoms with Gasteiger partial charge in [-0.15, -0.1) is 0 Å². The fourth-order valence-corrected chi connectivity index (χ4v) is 2.64. The fourth-order valence-electron chi connectivity index (χ4n) is 2.64. The number of carboxylic acid groups (broad SMARTS) is 1. The summed E-state index contributed by atoms with van der Waals surface area (Å²) in [7, 11) is 0. The highest BCUT2D eigenvalue weighted by Gasteiger charge is 2.52. The number of benzene rings is 1. The maximum absolute atomic E-state index is 11.9. The lowest BCUT2D eigenvalue weighted by atomic mass is 10.00. The third kappa shape index (κ3) is 2.33. The number of hydrogen-bond donors (Lipinski definition) is 1. The maximum Gasteiger partial charge on any atom is 0.335 e. The van der Waals surface area contributed by atoms with E-state index >= 15 is 0 Å². The molecular weight excluding hydrogens is 246 g/mol. The zero-order valence-electron chi connectivity index (χ0n) is 11.2. The van der Waals surface area contributed by atoms with Crippen molar-refractivity contribution in [2.75, 3.05) is 0 Å². The van der Waals surface area contributed by atoms with Gasteiger partial charge in [0.15, 0.2) is 6.10 Å². The van der Waals surface area contributed by atoms with Gasteiger partial charge in [0.25, 0.3) is 0 Å². The van der Waals surface area contributed by atoms with Crippen molar-refractivity contribution in [1.82, 2.24) is 4.90 Å². The Bertz CT molecular complexity index is 497. The molecule has 0 unspecified atom stereocenters. The maximum atomic E-state index is 11.9. The number of rotatable bonds is 2. The van der Waals surface area contributed by atoms with E-state index in [0.29, 0.717) is 0 Å². The standard InChI is InChI=1S/C14H17NO4/c1-9(16)15-11(10-7-5-4-6-8-10)12(13(17)18)19-14(15,2)3/h4-8,11-12H,1-3H3,(H,17,18)/t11-,12+/m0/s1. The second kappa shape index (κ2) is 4.66. The molecule has 102 valence electrons. The lowest BCUT2D eigenvalue weighted by molar-refractivity contribution is -0.158. The molecule has 1 aliphatic heterocycles. The van der Waals surface area contributed by atoms with E-state index in [1.165, 1.54) is 11.8 Å². The highest BCUT2D eigenvalue weighted by molar-refractivity contribution is 5.79. The third-order valence-corrected chi connectivity index (χ3v) is 3.28. The summed E-state index contributed by atoms with van der Waals surface area (Å²) in [6.45, 7) is 4.83. The molecule has 5 heteroatoms. The molecule has 0 saturated carbocycles. The number of ether oxygens (including phenoxy) is 1. The molecule has 0 aliphatic carbocycles. The molecular formula is C14H17NO4. The average molecular weight is 263 g/mol. The molecule has 1 aromatic rings. The van der Waals surface area contributed by atoms with Crippen LogP contribution in [0.1, 0.15) is 32.4 Å². The van der Waals surface area contributed by atoms with E-state index in [-0.39, 0.29) is 5.91 Å². The summed E-state index contributed by atoms with van der Waals surface area (Å²) in [5, 5.41) is 9.31. The first-order valence-electron chi connectivity index (χ1n) is 6.10. The van der Waals surface area contributed by atoms with E-state index in [1.54, 1.807) is 26.0 Å². The molecule has 0 radical (unpaired) electrons. The van der Waals surface area contributed by atoms with E-state index in [2.05, 4.69) is 0 Å². The average Bonchev–Trinajstić information content (AvgIpc) is 2.62. The first-order chi connectivity index (χ1) is 8.84. The molecule has 1 heterocycles. The number of nitrogens with zero attached hydrogens (tertiary/aromatic N) is 1. The van der Waals surface area contributed by atoms with Crippen LogP contribution < -0.4 is 0 Å². The predicted molar refractivity (Wildman–Crippen MR) is 68.3 cm³/mol.